The van der Waals surface area contributed by atoms with Crippen LogP contribution < -0.4 is 5.32 Å². The molecule has 0 aliphatic carbocycles. The molecule has 16 heavy (non-hydrogen) atoms. The second-order valence-electron chi connectivity index (χ2n) is 3.39. The third-order valence-corrected chi connectivity index (χ3v) is 2.79. The zero-order valence-corrected chi connectivity index (χ0v) is 11.2. The molecule has 1 aliphatic rings. The average Bonchev–Trinajstić information content (AvgIpc) is 2.16. The van der Waals surface area contributed by atoms with Crippen LogP contribution in [0.1, 0.15) is 6.42 Å². The molecule has 0 radical (unpaired) electrons. The van der Waals surface area contributed by atoms with E-state index in [1.54, 1.807) is 11.8 Å². The third kappa shape index (κ3) is 9.37. The van der Waals surface area contributed by atoms with Crippen molar-refractivity contribution < 1.29 is 18.1 Å². The fraction of sp³-hybridized carbons (Fsp3) is 1.00. The summed E-state index contributed by atoms with van der Waals surface area (Å²) in [6, 6.07) is 0. The first-order valence-corrected chi connectivity index (χ1v) is 8.05. The molecule has 8 heteroatoms. The Balaban J connectivity index is 0.000000385. The van der Waals surface area contributed by atoms with Gasteiger partial charge in [0.2, 0.25) is 0 Å². The molecular formula is C8H20N2O4S2. The quantitative estimate of drug-likeness (QED) is 0.592. The standard InChI is InChI=1S/C7H16N2OS.CH4O3S/c1-11-7-8-3-2-4-9(7)5-6-10;1-5(2,3)4/h7-8,10H,2-6H2,1H3;1H3,(H,2,3,4). The fourth-order valence-electron chi connectivity index (χ4n) is 1.34. The average molecular weight is 272 g/mol. The van der Waals surface area contributed by atoms with Gasteiger partial charge in [0.15, 0.2) is 0 Å². The van der Waals surface area contributed by atoms with E-state index < -0.39 is 10.1 Å². The summed E-state index contributed by atoms with van der Waals surface area (Å²) in [5.41, 5.74) is 0.413. The van der Waals surface area contributed by atoms with Crippen LogP contribution in [-0.4, -0.2) is 67.2 Å². The molecule has 1 unspecified atom stereocenters. The largest absolute Gasteiger partial charge is 0.395 e. The highest BCUT2D eigenvalue weighted by Crippen LogP contribution is 2.12. The minimum Gasteiger partial charge on any atom is -0.395 e. The molecule has 1 atom stereocenters. The first kappa shape index (κ1) is 16.1. The Kier molecular flexibility index (Phi) is 8.34. The number of rotatable bonds is 3. The van der Waals surface area contributed by atoms with Gasteiger partial charge in [-0.25, -0.2) is 0 Å². The van der Waals surface area contributed by atoms with Crippen LogP contribution in [0.2, 0.25) is 0 Å². The molecule has 1 aliphatic heterocycles. The van der Waals surface area contributed by atoms with E-state index in [2.05, 4.69) is 16.5 Å². The van der Waals surface area contributed by atoms with Crippen molar-refractivity contribution in [1.29, 1.82) is 0 Å². The van der Waals surface area contributed by atoms with Crippen LogP contribution in [0.3, 0.4) is 0 Å². The van der Waals surface area contributed by atoms with Gasteiger partial charge in [0.25, 0.3) is 10.1 Å². The van der Waals surface area contributed by atoms with Gasteiger partial charge in [-0.05, 0) is 19.2 Å². The number of hydrogen-bond acceptors (Lipinski definition) is 6. The van der Waals surface area contributed by atoms with Crippen LogP contribution in [0.4, 0.5) is 0 Å². The van der Waals surface area contributed by atoms with Crippen molar-refractivity contribution in [1.82, 2.24) is 10.2 Å². The Labute approximate surface area is 101 Å². The Morgan fingerprint density at radius 2 is 2.12 bits per heavy atom. The maximum Gasteiger partial charge on any atom is 0.261 e. The molecule has 0 spiro atoms. The minimum absolute atomic E-state index is 0.263. The van der Waals surface area contributed by atoms with Crippen molar-refractivity contribution in [2.45, 2.75) is 11.9 Å². The highest BCUT2D eigenvalue weighted by atomic mass is 32.2. The smallest absolute Gasteiger partial charge is 0.261 e. The monoisotopic (exact) mass is 272 g/mol. The lowest BCUT2D eigenvalue weighted by Crippen LogP contribution is -2.50. The molecule has 0 aromatic rings. The van der Waals surface area contributed by atoms with E-state index in [0.29, 0.717) is 11.8 Å². The van der Waals surface area contributed by atoms with Crippen molar-refractivity contribution in [2.24, 2.45) is 0 Å². The summed E-state index contributed by atoms with van der Waals surface area (Å²) in [6.07, 6.45) is 4.00. The van der Waals surface area contributed by atoms with Gasteiger partial charge < -0.3 is 5.11 Å². The van der Waals surface area contributed by atoms with Gasteiger partial charge in [0.1, 0.15) is 5.50 Å². The molecule has 0 aromatic heterocycles. The Morgan fingerprint density at radius 1 is 1.56 bits per heavy atom. The van der Waals surface area contributed by atoms with Crippen LogP contribution in [0.5, 0.6) is 0 Å². The summed E-state index contributed by atoms with van der Waals surface area (Å²) in [5.74, 6) is 0. The second-order valence-corrected chi connectivity index (χ2v) is 5.77. The van der Waals surface area contributed by atoms with Gasteiger partial charge in [0.05, 0.1) is 12.9 Å². The molecule has 1 heterocycles. The summed E-state index contributed by atoms with van der Waals surface area (Å²) >= 11 is 1.80. The first-order chi connectivity index (χ1) is 7.38. The topological polar surface area (TPSA) is 89.9 Å². The van der Waals surface area contributed by atoms with Crippen molar-refractivity contribution in [3.63, 3.8) is 0 Å². The van der Waals surface area contributed by atoms with Crippen molar-refractivity contribution in [3.8, 4) is 0 Å². The Bertz CT molecular complexity index is 261. The van der Waals surface area contributed by atoms with Crippen LogP contribution >= 0.6 is 11.8 Å². The predicted octanol–water partition coefficient (Wildman–Crippen LogP) is -0.575. The van der Waals surface area contributed by atoms with E-state index in [-0.39, 0.29) is 6.61 Å². The molecule has 3 N–H and O–H groups in total. The van der Waals surface area contributed by atoms with E-state index in [0.717, 1.165) is 19.6 Å². The van der Waals surface area contributed by atoms with E-state index in [1.807, 2.05) is 0 Å². The number of nitrogens with zero attached hydrogens (tertiary/aromatic N) is 1. The highest BCUT2D eigenvalue weighted by molar-refractivity contribution is 7.99. The predicted molar refractivity (Wildman–Crippen MR) is 66.1 cm³/mol. The molecule has 1 rings (SSSR count). The minimum atomic E-state index is -3.67. The second kappa shape index (κ2) is 8.26. The van der Waals surface area contributed by atoms with Gasteiger partial charge in [-0.2, -0.15) is 8.42 Å². The van der Waals surface area contributed by atoms with Crippen molar-refractivity contribution in [2.75, 3.05) is 38.8 Å². The normalized spacial score (nSPS) is 22.4. The van der Waals surface area contributed by atoms with Crippen LogP contribution in [0.25, 0.3) is 0 Å². The van der Waals surface area contributed by atoms with E-state index >= 15 is 0 Å². The summed E-state index contributed by atoms with van der Waals surface area (Å²) in [4.78, 5) is 2.27. The SMILES string of the molecule is CS(=O)(=O)O.CSC1NCCCN1CCO. The number of β-amino-alcohol motifs (C(OH)–C–C–N with tert-alkyl or cyclic N) is 1. The zero-order valence-electron chi connectivity index (χ0n) is 9.59. The summed E-state index contributed by atoms with van der Waals surface area (Å²) in [6.45, 7) is 3.27. The maximum absolute atomic E-state index is 9.19. The molecule has 1 saturated heterocycles. The number of hydrogen-bond donors (Lipinski definition) is 3. The molecule has 6 nitrogen and oxygen atoms in total. The molecular weight excluding hydrogens is 252 g/mol. The number of aliphatic hydroxyl groups is 1. The van der Waals surface area contributed by atoms with Crippen LogP contribution in [0, 0.1) is 0 Å². The molecule has 98 valence electrons. The van der Waals surface area contributed by atoms with Gasteiger partial charge in [0, 0.05) is 13.1 Å². The van der Waals surface area contributed by atoms with Crippen molar-refractivity contribution in [3.05, 3.63) is 0 Å². The highest BCUT2D eigenvalue weighted by Gasteiger charge is 2.19. The molecule has 0 bridgehead atoms. The molecule has 0 amide bonds. The van der Waals surface area contributed by atoms with Gasteiger partial charge >= 0.3 is 0 Å². The van der Waals surface area contributed by atoms with Gasteiger partial charge in [-0.3, -0.25) is 14.8 Å². The summed E-state index contributed by atoms with van der Waals surface area (Å²) in [7, 11) is -3.67. The first-order valence-electron chi connectivity index (χ1n) is 4.92. The number of aliphatic hydroxyl groups excluding tert-OH is 1. The zero-order chi connectivity index (χ0) is 12.6. The fourth-order valence-corrected chi connectivity index (χ4v) is 2.14. The summed E-state index contributed by atoms with van der Waals surface area (Å²) < 4.78 is 25.9. The number of thioether (sulfide) groups is 1. The van der Waals surface area contributed by atoms with Gasteiger partial charge in [-0.15, -0.1) is 11.8 Å². The van der Waals surface area contributed by atoms with Gasteiger partial charge in [-0.1, -0.05) is 0 Å². The van der Waals surface area contributed by atoms with Crippen LogP contribution in [0.15, 0.2) is 0 Å². The summed E-state index contributed by atoms with van der Waals surface area (Å²) in [5, 5.41) is 12.1. The third-order valence-electron chi connectivity index (χ3n) is 1.88. The maximum atomic E-state index is 9.19. The van der Waals surface area contributed by atoms with E-state index in [9.17, 15) is 8.42 Å². The Hall–Kier alpha value is 0.140. The molecule has 0 saturated carbocycles. The lowest BCUT2D eigenvalue weighted by Gasteiger charge is -2.34. The van der Waals surface area contributed by atoms with Crippen molar-refractivity contribution >= 4 is 21.9 Å². The number of nitrogens with one attached hydrogen (secondary N) is 1. The lowest BCUT2D eigenvalue weighted by atomic mass is 10.3. The van der Waals surface area contributed by atoms with E-state index in [1.165, 1.54) is 6.42 Å². The molecule has 0 aromatic carbocycles. The Morgan fingerprint density at radius 3 is 2.56 bits per heavy atom. The van der Waals surface area contributed by atoms with E-state index in [4.69, 9.17) is 9.66 Å². The van der Waals surface area contributed by atoms with Crippen LogP contribution in [-0.2, 0) is 10.1 Å². The lowest BCUT2D eigenvalue weighted by molar-refractivity contribution is 0.149. The molecule has 1 fully saturated rings.